The normalized spacial score (nSPS) is 11.5. The molecule has 0 aromatic heterocycles. The lowest BCUT2D eigenvalue weighted by atomic mass is 10.1. The van der Waals surface area contributed by atoms with Crippen molar-refractivity contribution in [2.24, 2.45) is 0 Å². The molecular formula is C12H13FO2. The van der Waals surface area contributed by atoms with E-state index in [4.69, 9.17) is 4.74 Å². The van der Waals surface area contributed by atoms with Gasteiger partial charge in [0.15, 0.2) is 0 Å². The fourth-order valence-electron chi connectivity index (χ4n) is 1.16. The van der Waals surface area contributed by atoms with E-state index in [-0.39, 0.29) is 12.4 Å². The Morgan fingerprint density at radius 3 is 2.87 bits per heavy atom. The first-order valence-corrected chi connectivity index (χ1v) is 4.65. The maximum atomic E-state index is 12.9. The summed E-state index contributed by atoms with van der Waals surface area (Å²) in [7, 11) is 0. The van der Waals surface area contributed by atoms with Crippen molar-refractivity contribution in [2.45, 2.75) is 20.0 Å². The first-order chi connectivity index (χ1) is 7.15. The van der Waals surface area contributed by atoms with E-state index in [9.17, 15) is 9.50 Å². The molecular weight excluding hydrogens is 195 g/mol. The zero-order valence-corrected chi connectivity index (χ0v) is 8.75. The van der Waals surface area contributed by atoms with E-state index in [0.29, 0.717) is 11.3 Å². The van der Waals surface area contributed by atoms with Gasteiger partial charge in [-0.3, -0.25) is 0 Å². The lowest BCUT2D eigenvalue weighted by Gasteiger charge is -2.11. The predicted octanol–water partition coefficient (Wildman–Crippen LogP) is 2.28. The van der Waals surface area contributed by atoms with Crippen molar-refractivity contribution in [3.63, 3.8) is 0 Å². The molecule has 1 rings (SSSR count). The number of aliphatic hydroxyl groups is 1. The Morgan fingerprint density at radius 2 is 2.27 bits per heavy atom. The zero-order chi connectivity index (χ0) is 11.3. The summed E-state index contributed by atoms with van der Waals surface area (Å²) in [6, 6.07) is 4.05. The fraction of sp³-hybridized carbons (Fsp3) is 0.333. The van der Waals surface area contributed by atoms with Gasteiger partial charge in [-0.1, -0.05) is 5.92 Å². The van der Waals surface area contributed by atoms with Crippen LogP contribution in [0.2, 0.25) is 0 Å². The molecule has 0 spiro atoms. The number of benzene rings is 1. The summed E-state index contributed by atoms with van der Waals surface area (Å²) in [5.41, 5.74) is 0.438. The topological polar surface area (TPSA) is 29.5 Å². The summed E-state index contributed by atoms with van der Waals surface area (Å²) in [5, 5.41) is 9.40. The van der Waals surface area contributed by atoms with Crippen molar-refractivity contribution < 1.29 is 14.2 Å². The van der Waals surface area contributed by atoms with Crippen LogP contribution in [0.3, 0.4) is 0 Å². The number of rotatable bonds is 3. The minimum absolute atomic E-state index is 0.238. The fourth-order valence-corrected chi connectivity index (χ4v) is 1.16. The van der Waals surface area contributed by atoms with Crippen LogP contribution in [0.4, 0.5) is 4.39 Å². The standard InChI is InChI=1S/C12H13FO2/c1-3-4-7-15-12-6-5-10(13)8-11(12)9(2)14/h5-6,8-9,14H,7H2,1-2H3/t9-/m0/s1. The average molecular weight is 208 g/mol. The molecule has 0 bridgehead atoms. The van der Waals surface area contributed by atoms with E-state index in [0.717, 1.165) is 0 Å². The van der Waals surface area contributed by atoms with Gasteiger partial charge in [-0.25, -0.2) is 4.39 Å². The highest BCUT2D eigenvalue weighted by Gasteiger charge is 2.09. The summed E-state index contributed by atoms with van der Waals surface area (Å²) in [6.45, 7) is 3.51. The third-order valence-electron chi connectivity index (χ3n) is 1.90. The second-order valence-electron chi connectivity index (χ2n) is 3.07. The van der Waals surface area contributed by atoms with Crippen LogP contribution < -0.4 is 4.74 Å². The second-order valence-corrected chi connectivity index (χ2v) is 3.07. The van der Waals surface area contributed by atoms with Crippen LogP contribution in [0.1, 0.15) is 25.5 Å². The molecule has 0 saturated heterocycles. The molecule has 0 aliphatic rings. The maximum Gasteiger partial charge on any atom is 0.149 e. The average Bonchev–Trinajstić information content (AvgIpc) is 2.20. The molecule has 0 saturated carbocycles. The molecule has 1 N–H and O–H groups in total. The summed E-state index contributed by atoms with van der Waals surface area (Å²) in [5.74, 6) is 5.49. The SMILES string of the molecule is CC#CCOc1ccc(F)cc1[C@H](C)O. The van der Waals surface area contributed by atoms with Crippen LogP contribution in [-0.4, -0.2) is 11.7 Å². The number of hydrogen-bond donors (Lipinski definition) is 1. The predicted molar refractivity (Wildman–Crippen MR) is 56.0 cm³/mol. The molecule has 1 aromatic carbocycles. The highest BCUT2D eigenvalue weighted by atomic mass is 19.1. The van der Waals surface area contributed by atoms with E-state index in [1.165, 1.54) is 18.2 Å². The molecule has 80 valence electrons. The van der Waals surface area contributed by atoms with Gasteiger partial charge in [0.05, 0.1) is 6.10 Å². The van der Waals surface area contributed by atoms with Gasteiger partial charge >= 0.3 is 0 Å². The molecule has 2 nitrogen and oxygen atoms in total. The quantitative estimate of drug-likeness (QED) is 0.772. The molecule has 0 heterocycles. The summed E-state index contributed by atoms with van der Waals surface area (Å²) in [4.78, 5) is 0. The Kier molecular flexibility index (Phi) is 4.14. The van der Waals surface area contributed by atoms with Crippen molar-refractivity contribution in [1.29, 1.82) is 0 Å². The monoisotopic (exact) mass is 208 g/mol. The van der Waals surface area contributed by atoms with E-state index in [1.807, 2.05) is 0 Å². The van der Waals surface area contributed by atoms with Crippen LogP contribution in [0.25, 0.3) is 0 Å². The Morgan fingerprint density at radius 1 is 1.53 bits per heavy atom. The van der Waals surface area contributed by atoms with Gasteiger partial charge in [-0.2, -0.15) is 0 Å². The molecule has 0 aliphatic carbocycles. The van der Waals surface area contributed by atoms with Crippen molar-refractivity contribution >= 4 is 0 Å². The minimum atomic E-state index is -0.759. The van der Waals surface area contributed by atoms with Crippen LogP contribution in [0.15, 0.2) is 18.2 Å². The van der Waals surface area contributed by atoms with Crippen LogP contribution in [-0.2, 0) is 0 Å². The van der Waals surface area contributed by atoms with Gasteiger partial charge in [0.25, 0.3) is 0 Å². The van der Waals surface area contributed by atoms with Crippen LogP contribution in [0.5, 0.6) is 5.75 Å². The van der Waals surface area contributed by atoms with E-state index in [2.05, 4.69) is 11.8 Å². The number of ether oxygens (including phenoxy) is 1. The van der Waals surface area contributed by atoms with Crippen LogP contribution >= 0.6 is 0 Å². The summed E-state index contributed by atoms with van der Waals surface area (Å²) >= 11 is 0. The molecule has 0 amide bonds. The van der Waals surface area contributed by atoms with Crippen molar-refractivity contribution in [1.82, 2.24) is 0 Å². The Hall–Kier alpha value is -1.53. The van der Waals surface area contributed by atoms with Crippen LogP contribution in [0, 0.1) is 17.7 Å². The van der Waals surface area contributed by atoms with Gasteiger partial charge in [0.1, 0.15) is 18.2 Å². The molecule has 0 fully saturated rings. The molecule has 1 aromatic rings. The Balaban J connectivity index is 2.89. The van der Waals surface area contributed by atoms with E-state index >= 15 is 0 Å². The molecule has 0 radical (unpaired) electrons. The first-order valence-electron chi connectivity index (χ1n) is 4.65. The van der Waals surface area contributed by atoms with Gasteiger partial charge < -0.3 is 9.84 Å². The second kappa shape index (κ2) is 5.38. The van der Waals surface area contributed by atoms with Gasteiger partial charge in [-0.15, -0.1) is 5.92 Å². The molecule has 15 heavy (non-hydrogen) atoms. The highest BCUT2D eigenvalue weighted by Crippen LogP contribution is 2.25. The van der Waals surface area contributed by atoms with Gasteiger partial charge in [0.2, 0.25) is 0 Å². The largest absolute Gasteiger partial charge is 0.481 e. The Bertz CT molecular complexity index is 388. The highest BCUT2D eigenvalue weighted by molar-refractivity contribution is 5.35. The lowest BCUT2D eigenvalue weighted by molar-refractivity contribution is 0.192. The number of hydrogen-bond acceptors (Lipinski definition) is 2. The third-order valence-corrected chi connectivity index (χ3v) is 1.90. The maximum absolute atomic E-state index is 12.9. The third kappa shape index (κ3) is 3.26. The first kappa shape index (κ1) is 11.5. The van der Waals surface area contributed by atoms with E-state index in [1.54, 1.807) is 13.8 Å². The van der Waals surface area contributed by atoms with Gasteiger partial charge in [0, 0.05) is 5.56 Å². The lowest BCUT2D eigenvalue weighted by Crippen LogP contribution is -2.01. The number of aliphatic hydroxyl groups excluding tert-OH is 1. The number of halogens is 1. The zero-order valence-electron chi connectivity index (χ0n) is 8.75. The summed E-state index contributed by atoms with van der Waals surface area (Å²) in [6.07, 6.45) is -0.759. The van der Waals surface area contributed by atoms with E-state index < -0.39 is 6.10 Å². The molecule has 3 heteroatoms. The molecule has 0 unspecified atom stereocenters. The van der Waals surface area contributed by atoms with Gasteiger partial charge in [-0.05, 0) is 32.0 Å². The smallest absolute Gasteiger partial charge is 0.149 e. The molecule has 0 aliphatic heterocycles. The minimum Gasteiger partial charge on any atom is -0.481 e. The molecule has 1 atom stereocenters. The van der Waals surface area contributed by atoms with Crippen molar-refractivity contribution in [3.8, 4) is 17.6 Å². The Labute approximate surface area is 88.7 Å². The van der Waals surface area contributed by atoms with Crippen molar-refractivity contribution in [2.75, 3.05) is 6.61 Å². The summed E-state index contributed by atoms with van der Waals surface area (Å²) < 4.78 is 18.2. The van der Waals surface area contributed by atoms with Crippen molar-refractivity contribution in [3.05, 3.63) is 29.6 Å².